The second-order valence-corrected chi connectivity index (χ2v) is 7.20. The quantitative estimate of drug-likeness (QED) is 0.672. The Morgan fingerprint density at radius 1 is 0.893 bits per heavy atom. The van der Waals surface area contributed by atoms with Crippen LogP contribution < -0.4 is 10.6 Å². The number of aromatic nitrogens is 1. The molecule has 2 aromatic carbocycles. The highest BCUT2D eigenvalue weighted by Crippen LogP contribution is 2.17. The number of rotatable bonds is 6. The van der Waals surface area contributed by atoms with E-state index in [1.165, 1.54) is 37.1 Å². The molecule has 1 saturated heterocycles. The Bertz CT molecular complexity index is 914. The van der Waals surface area contributed by atoms with Crippen LogP contribution in [-0.2, 0) is 13.1 Å². The molecule has 0 spiro atoms. The molecule has 0 atom stereocenters. The molecule has 0 radical (unpaired) electrons. The third-order valence-electron chi connectivity index (χ3n) is 5.16. The van der Waals surface area contributed by atoms with Crippen LogP contribution in [0, 0.1) is 0 Å². The third-order valence-corrected chi connectivity index (χ3v) is 5.16. The summed E-state index contributed by atoms with van der Waals surface area (Å²) in [7, 11) is 0. The van der Waals surface area contributed by atoms with Gasteiger partial charge >= 0.3 is 6.03 Å². The van der Waals surface area contributed by atoms with Gasteiger partial charge in [0.25, 0.3) is 0 Å². The molecule has 5 nitrogen and oxygen atoms in total. The average molecular weight is 374 g/mol. The summed E-state index contributed by atoms with van der Waals surface area (Å²) in [6.07, 6.45) is 6.53. The van der Waals surface area contributed by atoms with E-state index in [-0.39, 0.29) is 6.03 Å². The molecular weight excluding hydrogens is 348 g/mol. The summed E-state index contributed by atoms with van der Waals surface area (Å²) in [6, 6.07) is 19.9. The molecule has 2 heterocycles. The molecule has 144 valence electrons. The maximum absolute atomic E-state index is 12.4. The van der Waals surface area contributed by atoms with Gasteiger partial charge in [0.1, 0.15) is 0 Å². The van der Waals surface area contributed by atoms with Crippen molar-refractivity contribution in [1.82, 2.24) is 14.8 Å². The highest BCUT2D eigenvalue weighted by molar-refractivity contribution is 5.89. The smallest absolute Gasteiger partial charge is 0.319 e. The zero-order valence-electron chi connectivity index (χ0n) is 16.0. The summed E-state index contributed by atoms with van der Waals surface area (Å²) in [4.78, 5) is 14.9. The molecule has 28 heavy (non-hydrogen) atoms. The Hall–Kier alpha value is -3.05. The number of amides is 2. The Morgan fingerprint density at radius 3 is 2.43 bits per heavy atom. The topological polar surface area (TPSA) is 49.3 Å². The van der Waals surface area contributed by atoms with E-state index in [1.54, 1.807) is 0 Å². The summed E-state index contributed by atoms with van der Waals surface area (Å²) in [5.41, 5.74) is 4.25. The number of hydrogen-bond acceptors (Lipinski definition) is 2. The summed E-state index contributed by atoms with van der Waals surface area (Å²) >= 11 is 0. The highest BCUT2D eigenvalue weighted by Gasteiger charge is 2.13. The van der Waals surface area contributed by atoms with Crippen molar-refractivity contribution >= 4 is 11.7 Å². The summed E-state index contributed by atoms with van der Waals surface area (Å²) < 4.78 is 2.01. The van der Waals surface area contributed by atoms with Gasteiger partial charge in [-0.1, -0.05) is 30.3 Å². The third kappa shape index (κ3) is 4.61. The lowest BCUT2D eigenvalue weighted by Gasteiger charge is -2.18. The molecule has 1 aromatic heterocycles. The Kier molecular flexibility index (Phi) is 5.73. The van der Waals surface area contributed by atoms with E-state index in [4.69, 9.17) is 0 Å². The van der Waals surface area contributed by atoms with Crippen LogP contribution in [0.4, 0.5) is 10.5 Å². The van der Waals surface area contributed by atoms with E-state index >= 15 is 0 Å². The van der Waals surface area contributed by atoms with Gasteiger partial charge in [-0.15, -0.1) is 0 Å². The van der Waals surface area contributed by atoms with Crippen LogP contribution >= 0.6 is 0 Å². The Labute approximate surface area is 166 Å². The monoisotopic (exact) mass is 374 g/mol. The fourth-order valence-corrected chi connectivity index (χ4v) is 3.67. The molecule has 1 fully saturated rings. The van der Waals surface area contributed by atoms with E-state index in [2.05, 4.69) is 33.7 Å². The number of anilines is 1. The minimum absolute atomic E-state index is 0.194. The SMILES string of the molecule is O=C(NCc1ccccc1CN1CCCC1)Nc1cccc(-n2cccc2)c1. The highest BCUT2D eigenvalue weighted by atomic mass is 16.2. The number of nitrogens with zero attached hydrogens (tertiary/aromatic N) is 2. The first-order valence-electron chi connectivity index (χ1n) is 9.85. The zero-order valence-corrected chi connectivity index (χ0v) is 16.0. The number of nitrogens with one attached hydrogen (secondary N) is 2. The normalized spacial score (nSPS) is 14.1. The number of hydrogen-bond donors (Lipinski definition) is 2. The molecule has 4 rings (SSSR count). The van der Waals surface area contributed by atoms with Crippen molar-refractivity contribution in [3.8, 4) is 5.69 Å². The molecule has 0 saturated carbocycles. The molecule has 1 aliphatic heterocycles. The van der Waals surface area contributed by atoms with Crippen LogP contribution in [0.2, 0.25) is 0 Å². The lowest BCUT2D eigenvalue weighted by atomic mass is 10.1. The molecule has 0 aliphatic carbocycles. The molecule has 0 bridgehead atoms. The molecular formula is C23H26N4O. The summed E-state index contributed by atoms with van der Waals surface area (Å²) in [5.74, 6) is 0. The van der Waals surface area contributed by atoms with Crippen molar-refractivity contribution < 1.29 is 4.79 Å². The van der Waals surface area contributed by atoms with Crippen LogP contribution in [0.3, 0.4) is 0 Å². The molecule has 5 heteroatoms. The summed E-state index contributed by atoms with van der Waals surface area (Å²) in [5, 5.41) is 5.92. The maximum Gasteiger partial charge on any atom is 0.319 e. The fraction of sp³-hybridized carbons (Fsp3) is 0.261. The van der Waals surface area contributed by atoms with Crippen molar-refractivity contribution in [3.63, 3.8) is 0 Å². The van der Waals surface area contributed by atoms with E-state index in [0.29, 0.717) is 6.54 Å². The van der Waals surface area contributed by atoms with Gasteiger partial charge in [0.15, 0.2) is 0 Å². The second kappa shape index (κ2) is 8.76. The number of likely N-dealkylation sites (tertiary alicyclic amines) is 1. The lowest BCUT2D eigenvalue weighted by molar-refractivity contribution is 0.251. The van der Waals surface area contributed by atoms with Gasteiger partial charge in [-0.3, -0.25) is 4.90 Å². The van der Waals surface area contributed by atoms with Crippen LogP contribution in [0.25, 0.3) is 5.69 Å². The first kappa shape index (κ1) is 18.3. The number of carbonyl (C=O) groups is 1. The Balaban J connectivity index is 1.35. The molecule has 0 unspecified atom stereocenters. The van der Waals surface area contributed by atoms with Gasteiger partial charge in [-0.2, -0.15) is 0 Å². The van der Waals surface area contributed by atoms with Crippen LogP contribution in [0.5, 0.6) is 0 Å². The predicted octanol–water partition coefficient (Wildman–Crippen LogP) is 4.39. The van der Waals surface area contributed by atoms with Gasteiger partial charge in [0.05, 0.1) is 0 Å². The molecule has 2 N–H and O–H groups in total. The van der Waals surface area contributed by atoms with Gasteiger partial charge in [0, 0.05) is 36.9 Å². The minimum Gasteiger partial charge on any atom is -0.334 e. The van der Waals surface area contributed by atoms with Gasteiger partial charge in [0.2, 0.25) is 0 Å². The molecule has 3 aromatic rings. The Morgan fingerprint density at radius 2 is 1.64 bits per heavy atom. The maximum atomic E-state index is 12.4. The first-order chi connectivity index (χ1) is 13.8. The van der Waals surface area contributed by atoms with E-state index in [0.717, 1.165) is 17.9 Å². The van der Waals surface area contributed by atoms with Crippen LogP contribution in [-0.4, -0.2) is 28.6 Å². The van der Waals surface area contributed by atoms with Crippen molar-refractivity contribution in [2.75, 3.05) is 18.4 Å². The van der Waals surface area contributed by atoms with Crippen molar-refractivity contribution in [2.24, 2.45) is 0 Å². The second-order valence-electron chi connectivity index (χ2n) is 7.20. The van der Waals surface area contributed by atoms with Crippen molar-refractivity contribution in [1.29, 1.82) is 0 Å². The van der Waals surface area contributed by atoms with Gasteiger partial charge in [-0.05, 0) is 67.4 Å². The largest absolute Gasteiger partial charge is 0.334 e. The van der Waals surface area contributed by atoms with Crippen molar-refractivity contribution in [3.05, 3.63) is 84.2 Å². The van der Waals surface area contributed by atoms with Crippen LogP contribution in [0.1, 0.15) is 24.0 Å². The minimum atomic E-state index is -0.194. The van der Waals surface area contributed by atoms with Crippen LogP contribution in [0.15, 0.2) is 73.1 Å². The van der Waals surface area contributed by atoms with Gasteiger partial charge < -0.3 is 15.2 Å². The average Bonchev–Trinajstić information content (AvgIpc) is 3.42. The van der Waals surface area contributed by atoms with Crippen molar-refractivity contribution in [2.45, 2.75) is 25.9 Å². The first-order valence-corrected chi connectivity index (χ1v) is 9.85. The standard InChI is InChI=1S/C23H26N4O/c28-23(25-21-10-7-11-22(16-21)27-14-5-6-15-27)24-17-19-8-1-2-9-20(19)18-26-12-3-4-13-26/h1-2,5-11,14-16H,3-4,12-13,17-18H2,(H2,24,25,28). The predicted molar refractivity (Wildman–Crippen MR) is 113 cm³/mol. The number of carbonyl (C=O) groups excluding carboxylic acids is 1. The van der Waals surface area contributed by atoms with E-state index in [1.807, 2.05) is 59.4 Å². The van der Waals surface area contributed by atoms with Gasteiger partial charge in [-0.25, -0.2) is 4.79 Å². The van der Waals surface area contributed by atoms with E-state index in [9.17, 15) is 4.79 Å². The number of benzene rings is 2. The summed E-state index contributed by atoms with van der Waals surface area (Å²) in [6.45, 7) is 3.81. The molecule has 2 amide bonds. The lowest BCUT2D eigenvalue weighted by Crippen LogP contribution is -2.29. The molecule has 1 aliphatic rings. The fourth-order valence-electron chi connectivity index (χ4n) is 3.67. The number of urea groups is 1. The van der Waals surface area contributed by atoms with E-state index < -0.39 is 0 Å². The zero-order chi connectivity index (χ0) is 19.2.